The first-order valence-electron chi connectivity index (χ1n) is 11.7. The smallest absolute Gasteiger partial charge is 0.262 e. The average Bonchev–Trinajstić information content (AvgIpc) is 3.27. The van der Waals surface area contributed by atoms with Crippen LogP contribution in [0, 0.1) is 13.8 Å². The van der Waals surface area contributed by atoms with Gasteiger partial charge in [0.25, 0.3) is 5.91 Å². The Morgan fingerprint density at radius 1 is 1.08 bits per heavy atom. The molecule has 5 rings (SSSR count). The molecule has 1 aliphatic heterocycles. The number of carbonyl (C=O) groups is 1. The van der Waals surface area contributed by atoms with Crippen molar-refractivity contribution in [3.8, 4) is 22.8 Å². The lowest BCUT2D eigenvalue weighted by Crippen LogP contribution is -2.25. The summed E-state index contributed by atoms with van der Waals surface area (Å²) in [5, 5.41) is 9.69. The van der Waals surface area contributed by atoms with Crippen molar-refractivity contribution in [1.29, 1.82) is 0 Å². The SMILES string of the molecule is CCOc1ccc(/C=N/n2c(-c3ccc4c(c3)NC(=O)CO4)csc2=Nc2ccc(C)c(C)c2)cc1. The molecule has 0 saturated carbocycles. The summed E-state index contributed by atoms with van der Waals surface area (Å²) >= 11 is 1.50. The molecule has 0 fully saturated rings. The van der Waals surface area contributed by atoms with E-state index in [9.17, 15) is 4.79 Å². The zero-order valence-electron chi connectivity index (χ0n) is 20.3. The first-order valence-corrected chi connectivity index (χ1v) is 12.5. The maximum Gasteiger partial charge on any atom is 0.262 e. The van der Waals surface area contributed by atoms with E-state index in [1.165, 1.54) is 22.5 Å². The maximum atomic E-state index is 11.8. The Hall–Kier alpha value is -4.17. The van der Waals surface area contributed by atoms with Gasteiger partial charge in [0.1, 0.15) is 11.5 Å². The minimum atomic E-state index is -0.170. The Morgan fingerprint density at radius 2 is 1.92 bits per heavy atom. The molecule has 0 radical (unpaired) electrons. The number of amides is 1. The topological polar surface area (TPSA) is 77.2 Å². The van der Waals surface area contributed by atoms with Crippen LogP contribution in [0.15, 0.2) is 76.1 Å². The zero-order valence-corrected chi connectivity index (χ0v) is 21.1. The largest absolute Gasteiger partial charge is 0.494 e. The molecule has 1 aromatic heterocycles. The molecular formula is C28H26N4O3S. The van der Waals surface area contributed by atoms with Crippen LogP contribution in [0.1, 0.15) is 23.6 Å². The van der Waals surface area contributed by atoms with Gasteiger partial charge in [-0.05, 0) is 92.1 Å². The average molecular weight is 499 g/mol. The number of hydrogen-bond acceptors (Lipinski definition) is 6. The van der Waals surface area contributed by atoms with E-state index >= 15 is 0 Å². The molecule has 2 heterocycles. The summed E-state index contributed by atoms with van der Waals surface area (Å²) in [4.78, 5) is 17.5. The third-order valence-corrected chi connectivity index (χ3v) is 6.64. The molecule has 0 aliphatic carbocycles. The number of fused-ring (bicyclic) bond motifs is 1. The van der Waals surface area contributed by atoms with Crippen molar-refractivity contribution in [2.75, 3.05) is 18.5 Å². The highest BCUT2D eigenvalue weighted by atomic mass is 32.1. The Balaban J connectivity index is 1.58. The van der Waals surface area contributed by atoms with Crippen molar-refractivity contribution in [3.05, 3.63) is 87.5 Å². The Bertz CT molecular complexity index is 1520. The van der Waals surface area contributed by atoms with Gasteiger partial charge >= 0.3 is 0 Å². The minimum Gasteiger partial charge on any atom is -0.494 e. The summed E-state index contributed by atoms with van der Waals surface area (Å²) < 4.78 is 12.9. The van der Waals surface area contributed by atoms with E-state index in [1.807, 2.05) is 65.5 Å². The van der Waals surface area contributed by atoms with E-state index in [1.54, 1.807) is 6.21 Å². The number of carbonyl (C=O) groups excluding carboxylic acids is 1. The van der Waals surface area contributed by atoms with E-state index in [-0.39, 0.29) is 12.5 Å². The highest BCUT2D eigenvalue weighted by Gasteiger charge is 2.18. The molecule has 7 nitrogen and oxygen atoms in total. The number of anilines is 1. The second-order valence-corrected chi connectivity index (χ2v) is 9.23. The van der Waals surface area contributed by atoms with Crippen LogP contribution in [-0.4, -0.2) is 30.0 Å². The van der Waals surface area contributed by atoms with Crippen molar-refractivity contribution in [1.82, 2.24) is 4.68 Å². The van der Waals surface area contributed by atoms with E-state index in [2.05, 4.69) is 31.3 Å². The predicted molar refractivity (Wildman–Crippen MR) is 144 cm³/mol. The normalized spacial score (nSPS) is 13.4. The van der Waals surface area contributed by atoms with Gasteiger partial charge < -0.3 is 14.8 Å². The first-order chi connectivity index (χ1) is 17.5. The van der Waals surface area contributed by atoms with Gasteiger partial charge in [-0.3, -0.25) is 4.79 Å². The quantitative estimate of drug-likeness (QED) is 0.348. The molecule has 1 amide bonds. The van der Waals surface area contributed by atoms with Gasteiger partial charge in [-0.25, -0.2) is 9.67 Å². The molecule has 36 heavy (non-hydrogen) atoms. The standard InChI is InChI=1S/C28H26N4O3S/c1-4-34-23-10-6-20(7-11-23)15-29-32-25(21-8-12-26-24(14-21)31-27(33)16-35-26)17-36-28(32)30-22-9-5-18(2)19(3)13-22/h5-15,17H,4,16H2,1-3H3,(H,31,33)/b29-15+,30-28?. The van der Waals surface area contributed by atoms with E-state index < -0.39 is 0 Å². The fourth-order valence-corrected chi connectivity index (χ4v) is 4.63. The molecule has 0 bridgehead atoms. The molecule has 8 heteroatoms. The maximum absolute atomic E-state index is 11.8. The van der Waals surface area contributed by atoms with Crippen LogP contribution in [0.2, 0.25) is 0 Å². The van der Waals surface area contributed by atoms with Crippen LogP contribution in [0.3, 0.4) is 0 Å². The van der Waals surface area contributed by atoms with Crippen molar-refractivity contribution >= 4 is 34.8 Å². The summed E-state index contributed by atoms with van der Waals surface area (Å²) in [6.07, 6.45) is 1.80. The van der Waals surface area contributed by atoms with Gasteiger partial charge in [0, 0.05) is 10.9 Å². The number of nitrogens with one attached hydrogen (secondary N) is 1. The monoisotopic (exact) mass is 498 g/mol. The highest BCUT2D eigenvalue weighted by Crippen LogP contribution is 2.33. The molecule has 182 valence electrons. The highest BCUT2D eigenvalue weighted by molar-refractivity contribution is 7.07. The van der Waals surface area contributed by atoms with Crippen LogP contribution in [-0.2, 0) is 4.79 Å². The molecule has 1 N–H and O–H groups in total. The number of nitrogens with zero attached hydrogens (tertiary/aromatic N) is 3. The minimum absolute atomic E-state index is 0.0240. The summed E-state index contributed by atoms with van der Waals surface area (Å²) in [5.41, 5.74) is 6.59. The molecule has 3 aromatic carbocycles. The summed E-state index contributed by atoms with van der Waals surface area (Å²) in [7, 11) is 0. The van der Waals surface area contributed by atoms with Gasteiger partial charge in [-0.15, -0.1) is 11.3 Å². The van der Waals surface area contributed by atoms with E-state index in [0.29, 0.717) is 18.0 Å². The van der Waals surface area contributed by atoms with Crippen molar-refractivity contribution in [2.24, 2.45) is 10.1 Å². The van der Waals surface area contributed by atoms with Crippen molar-refractivity contribution in [3.63, 3.8) is 0 Å². The van der Waals surface area contributed by atoms with Crippen LogP contribution in [0.25, 0.3) is 11.3 Å². The van der Waals surface area contributed by atoms with E-state index in [0.717, 1.165) is 33.1 Å². The molecule has 4 aromatic rings. The van der Waals surface area contributed by atoms with Crippen LogP contribution in [0.4, 0.5) is 11.4 Å². The number of benzene rings is 3. The third kappa shape index (κ3) is 5.08. The summed E-state index contributed by atoms with van der Waals surface area (Å²) in [5.74, 6) is 1.30. The number of rotatable bonds is 6. The second kappa shape index (κ2) is 10.2. The van der Waals surface area contributed by atoms with Crippen molar-refractivity contribution in [2.45, 2.75) is 20.8 Å². The van der Waals surface area contributed by atoms with Crippen molar-refractivity contribution < 1.29 is 14.3 Å². The van der Waals surface area contributed by atoms with Crippen LogP contribution >= 0.6 is 11.3 Å². The molecule has 0 atom stereocenters. The first kappa shape index (κ1) is 23.6. The van der Waals surface area contributed by atoms with Crippen LogP contribution < -0.4 is 19.6 Å². The molecular weight excluding hydrogens is 472 g/mol. The lowest BCUT2D eigenvalue weighted by atomic mass is 10.1. The fourth-order valence-electron chi connectivity index (χ4n) is 3.78. The third-order valence-electron chi connectivity index (χ3n) is 5.82. The van der Waals surface area contributed by atoms with Gasteiger partial charge in [-0.2, -0.15) is 5.10 Å². The molecule has 1 aliphatic rings. The lowest BCUT2D eigenvalue weighted by molar-refractivity contribution is -0.118. The zero-order chi connectivity index (χ0) is 25.1. The predicted octanol–water partition coefficient (Wildman–Crippen LogP) is 5.68. The summed E-state index contributed by atoms with van der Waals surface area (Å²) in [6, 6.07) is 19.7. The number of aryl methyl sites for hydroxylation is 2. The fraction of sp³-hybridized carbons (Fsp3) is 0.179. The lowest BCUT2D eigenvalue weighted by Gasteiger charge is -2.18. The second-order valence-electron chi connectivity index (χ2n) is 8.39. The van der Waals surface area contributed by atoms with Crippen LogP contribution in [0.5, 0.6) is 11.5 Å². The van der Waals surface area contributed by atoms with Gasteiger partial charge in [0.15, 0.2) is 6.61 Å². The Kier molecular flexibility index (Phi) is 6.69. The Labute approximate surface area is 213 Å². The van der Waals surface area contributed by atoms with Gasteiger partial charge in [0.2, 0.25) is 4.80 Å². The molecule has 0 unspecified atom stereocenters. The number of aromatic nitrogens is 1. The Morgan fingerprint density at radius 3 is 2.69 bits per heavy atom. The molecule has 0 saturated heterocycles. The summed E-state index contributed by atoms with van der Waals surface area (Å²) in [6.45, 7) is 6.77. The van der Waals surface area contributed by atoms with E-state index in [4.69, 9.17) is 19.6 Å². The number of thiazole rings is 1. The number of ether oxygens (including phenoxy) is 2. The van der Waals surface area contributed by atoms with Gasteiger partial charge in [-0.1, -0.05) is 6.07 Å². The van der Waals surface area contributed by atoms with Gasteiger partial charge in [0.05, 0.1) is 29.9 Å². The number of hydrogen-bond donors (Lipinski definition) is 1. The molecule has 0 spiro atoms.